The van der Waals surface area contributed by atoms with Crippen molar-refractivity contribution in [3.8, 4) is 0 Å². The van der Waals surface area contributed by atoms with Crippen molar-refractivity contribution in [2.45, 2.75) is 20.3 Å². The predicted octanol–water partition coefficient (Wildman–Crippen LogP) is 1.85. The summed E-state index contributed by atoms with van der Waals surface area (Å²) in [5.41, 5.74) is 0. The number of ether oxygens (including phenoxy) is 1. The predicted molar refractivity (Wildman–Crippen MR) is 75.1 cm³/mol. The molecule has 0 saturated heterocycles. The second-order valence-corrected chi connectivity index (χ2v) is 4.09. The van der Waals surface area contributed by atoms with Gasteiger partial charge in [0.2, 0.25) is 0 Å². The molecule has 2 N–H and O–H groups in total. The first-order valence-corrected chi connectivity index (χ1v) is 6.54. The van der Waals surface area contributed by atoms with Crippen molar-refractivity contribution in [3.63, 3.8) is 0 Å². The van der Waals surface area contributed by atoms with E-state index in [4.69, 9.17) is 9.15 Å². The highest BCUT2D eigenvalue weighted by atomic mass is 16.5. The van der Waals surface area contributed by atoms with Crippen LogP contribution in [0, 0.1) is 6.92 Å². The summed E-state index contributed by atoms with van der Waals surface area (Å²) in [5.74, 6) is 0.962. The monoisotopic (exact) mass is 280 g/mol. The van der Waals surface area contributed by atoms with E-state index in [2.05, 4.69) is 10.6 Å². The van der Waals surface area contributed by atoms with Crippen LogP contribution in [-0.2, 0) is 9.53 Å². The Labute approximate surface area is 118 Å². The molecular formula is C14H20N2O4. The Morgan fingerprint density at radius 1 is 1.35 bits per heavy atom. The van der Waals surface area contributed by atoms with Crippen LogP contribution in [0.2, 0.25) is 0 Å². The third-order valence-corrected chi connectivity index (χ3v) is 2.33. The van der Waals surface area contributed by atoms with Crippen LogP contribution in [-0.4, -0.2) is 31.7 Å². The zero-order valence-electron chi connectivity index (χ0n) is 11.8. The van der Waals surface area contributed by atoms with Gasteiger partial charge in [0.05, 0.1) is 6.61 Å². The Morgan fingerprint density at radius 3 is 2.80 bits per heavy atom. The molecule has 0 aromatic carbocycles. The highest BCUT2D eigenvalue weighted by Gasteiger charge is 2.00. The summed E-state index contributed by atoms with van der Waals surface area (Å²) in [5, 5.41) is 5.25. The molecule has 6 heteroatoms. The molecule has 20 heavy (non-hydrogen) atoms. The first kappa shape index (κ1) is 15.8. The summed E-state index contributed by atoms with van der Waals surface area (Å²) >= 11 is 0. The molecule has 1 heterocycles. The minimum absolute atomic E-state index is 0.216. The zero-order chi connectivity index (χ0) is 14.8. The second-order valence-electron chi connectivity index (χ2n) is 4.09. The number of furan rings is 1. The van der Waals surface area contributed by atoms with E-state index in [0.717, 1.165) is 5.76 Å². The van der Waals surface area contributed by atoms with E-state index < -0.39 is 5.97 Å². The fourth-order valence-corrected chi connectivity index (χ4v) is 1.41. The van der Waals surface area contributed by atoms with Gasteiger partial charge in [0.25, 0.3) is 0 Å². The van der Waals surface area contributed by atoms with E-state index in [9.17, 15) is 9.59 Å². The maximum absolute atomic E-state index is 11.4. The van der Waals surface area contributed by atoms with Crippen molar-refractivity contribution in [1.29, 1.82) is 0 Å². The Hall–Kier alpha value is -2.24. The van der Waals surface area contributed by atoms with Gasteiger partial charge in [-0.25, -0.2) is 9.59 Å². The van der Waals surface area contributed by atoms with Crippen LogP contribution < -0.4 is 10.6 Å². The number of hydrogen-bond acceptors (Lipinski definition) is 4. The lowest BCUT2D eigenvalue weighted by molar-refractivity contribution is -0.137. The molecule has 6 nitrogen and oxygen atoms in total. The number of rotatable bonds is 7. The first-order valence-electron chi connectivity index (χ1n) is 6.54. The molecule has 110 valence electrons. The molecule has 0 aliphatic carbocycles. The lowest BCUT2D eigenvalue weighted by Crippen LogP contribution is -2.36. The van der Waals surface area contributed by atoms with E-state index in [1.165, 1.54) is 6.08 Å². The van der Waals surface area contributed by atoms with Crippen LogP contribution in [0.15, 0.2) is 22.6 Å². The maximum Gasteiger partial charge on any atom is 0.330 e. The van der Waals surface area contributed by atoms with Crippen LogP contribution in [0.5, 0.6) is 0 Å². The van der Waals surface area contributed by atoms with Crippen molar-refractivity contribution < 1.29 is 18.7 Å². The van der Waals surface area contributed by atoms with Crippen molar-refractivity contribution >= 4 is 18.1 Å². The fraction of sp³-hybridized carbons (Fsp3) is 0.429. The van der Waals surface area contributed by atoms with E-state index in [0.29, 0.717) is 25.3 Å². The minimum Gasteiger partial charge on any atom is -0.462 e. The Bertz CT molecular complexity index is 465. The Balaban J connectivity index is 2.11. The van der Waals surface area contributed by atoms with Crippen LogP contribution in [0.1, 0.15) is 24.9 Å². The van der Waals surface area contributed by atoms with Gasteiger partial charge in [-0.3, -0.25) is 0 Å². The largest absolute Gasteiger partial charge is 0.462 e. The lowest BCUT2D eigenvalue weighted by atomic mass is 10.4. The first-order chi connectivity index (χ1) is 9.61. The summed E-state index contributed by atoms with van der Waals surface area (Å²) in [6, 6.07) is 3.37. The number of urea groups is 1. The third-order valence-electron chi connectivity index (χ3n) is 2.33. The van der Waals surface area contributed by atoms with Crippen molar-refractivity contribution in [2.24, 2.45) is 0 Å². The average molecular weight is 280 g/mol. The average Bonchev–Trinajstić information content (AvgIpc) is 2.82. The van der Waals surface area contributed by atoms with Crippen LogP contribution in [0.3, 0.4) is 0 Å². The zero-order valence-corrected chi connectivity index (χ0v) is 11.8. The van der Waals surface area contributed by atoms with Gasteiger partial charge >= 0.3 is 12.0 Å². The molecule has 0 fully saturated rings. The lowest BCUT2D eigenvalue weighted by Gasteiger charge is -2.05. The molecule has 2 amide bonds. The SMILES string of the molecule is CCNC(=O)NCCCOC(=O)/C=C\c1ccc(C)o1. The molecule has 0 unspecified atom stereocenters. The number of amides is 2. The van der Waals surface area contributed by atoms with Gasteiger partial charge < -0.3 is 19.8 Å². The van der Waals surface area contributed by atoms with Gasteiger partial charge in [0.1, 0.15) is 11.5 Å². The molecule has 0 aliphatic heterocycles. The van der Waals surface area contributed by atoms with E-state index in [-0.39, 0.29) is 12.6 Å². The third kappa shape index (κ3) is 6.63. The van der Waals surface area contributed by atoms with Crippen LogP contribution in [0.25, 0.3) is 6.08 Å². The molecule has 1 aromatic rings. The molecular weight excluding hydrogens is 260 g/mol. The highest BCUT2D eigenvalue weighted by molar-refractivity contribution is 5.86. The summed E-state index contributed by atoms with van der Waals surface area (Å²) in [6.07, 6.45) is 3.44. The summed E-state index contributed by atoms with van der Waals surface area (Å²) in [4.78, 5) is 22.4. The van der Waals surface area contributed by atoms with Gasteiger partial charge in [-0.1, -0.05) is 0 Å². The molecule has 0 radical (unpaired) electrons. The van der Waals surface area contributed by atoms with Gasteiger partial charge in [-0.05, 0) is 38.5 Å². The molecule has 1 aromatic heterocycles. The van der Waals surface area contributed by atoms with Crippen LogP contribution in [0.4, 0.5) is 4.79 Å². The number of nitrogens with one attached hydrogen (secondary N) is 2. The van der Waals surface area contributed by atoms with Crippen LogP contribution >= 0.6 is 0 Å². The highest BCUT2D eigenvalue weighted by Crippen LogP contribution is 2.07. The summed E-state index contributed by atoms with van der Waals surface area (Å²) in [7, 11) is 0. The topological polar surface area (TPSA) is 80.6 Å². The smallest absolute Gasteiger partial charge is 0.330 e. The Morgan fingerprint density at radius 2 is 2.15 bits per heavy atom. The van der Waals surface area contributed by atoms with Gasteiger partial charge in [0, 0.05) is 19.2 Å². The summed E-state index contributed by atoms with van der Waals surface area (Å²) in [6.45, 7) is 4.97. The maximum atomic E-state index is 11.4. The Kier molecular flexibility index (Phi) is 6.95. The second kappa shape index (κ2) is 8.79. The molecule has 0 bridgehead atoms. The number of aryl methyl sites for hydroxylation is 1. The molecule has 0 atom stereocenters. The molecule has 0 saturated carbocycles. The summed E-state index contributed by atoms with van der Waals surface area (Å²) < 4.78 is 10.3. The van der Waals surface area contributed by atoms with E-state index in [1.54, 1.807) is 12.1 Å². The molecule has 0 spiro atoms. The number of carbonyl (C=O) groups is 2. The van der Waals surface area contributed by atoms with Gasteiger partial charge in [-0.2, -0.15) is 0 Å². The number of carbonyl (C=O) groups excluding carboxylic acids is 2. The normalized spacial score (nSPS) is 10.5. The minimum atomic E-state index is -0.433. The number of hydrogen-bond donors (Lipinski definition) is 2. The molecule has 0 aliphatic rings. The standard InChI is InChI=1S/C14H20N2O4/c1-3-15-14(18)16-9-4-10-19-13(17)8-7-12-6-5-11(2)20-12/h5-8H,3-4,9-10H2,1-2H3,(H2,15,16,18)/b8-7-. The van der Waals surface area contributed by atoms with Crippen molar-refractivity contribution in [2.75, 3.05) is 19.7 Å². The van der Waals surface area contributed by atoms with E-state index in [1.807, 2.05) is 19.9 Å². The van der Waals surface area contributed by atoms with E-state index >= 15 is 0 Å². The van der Waals surface area contributed by atoms with Gasteiger partial charge in [0.15, 0.2) is 0 Å². The number of esters is 1. The quantitative estimate of drug-likeness (QED) is 0.454. The fourth-order valence-electron chi connectivity index (χ4n) is 1.41. The van der Waals surface area contributed by atoms with Crippen molar-refractivity contribution in [1.82, 2.24) is 10.6 Å². The molecule has 1 rings (SSSR count). The van der Waals surface area contributed by atoms with Crippen molar-refractivity contribution in [3.05, 3.63) is 29.7 Å². The van der Waals surface area contributed by atoms with Gasteiger partial charge in [-0.15, -0.1) is 0 Å².